The number of hydrogen-bond acceptors (Lipinski definition) is 2. The summed E-state index contributed by atoms with van der Waals surface area (Å²) in [6.45, 7) is 6.47. The normalized spacial score (nSPS) is 50.4. The topological polar surface area (TPSA) is 52.0 Å². The van der Waals surface area contributed by atoms with E-state index in [-0.39, 0.29) is 0 Å². The zero-order valence-electron chi connectivity index (χ0n) is 10.3. The second-order valence-corrected chi connectivity index (χ2v) is 6.81. The van der Waals surface area contributed by atoms with E-state index < -0.39 is 0 Å². The van der Waals surface area contributed by atoms with Crippen LogP contribution < -0.4 is 11.5 Å². The number of nitrogens with two attached hydrogens (primary N) is 2. The van der Waals surface area contributed by atoms with Crippen LogP contribution in [0.3, 0.4) is 0 Å². The van der Waals surface area contributed by atoms with Crippen LogP contribution in [0.4, 0.5) is 0 Å². The fourth-order valence-electron chi connectivity index (χ4n) is 4.24. The van der Waals surface area contributed by atoms with Crippen molar-refractivity contribution in [3.8, 4) is 0 Å². The monoisotopic (exact) mass is 210 g/mol. The maximum atomic E-state index is 5.92. The molecular weight excluding hydrogens is 184 g/mol. The molecule has 2 aliphatic rings. The molecule has 0 heterocycles. The summed E-state index contributed by atoms with van der Waals surface area (Å²) in [4.78, 5) is 0. The van der Waals surface area contributed by atoms with Gasteiger partial charge in [-0.2, -0.15) is 0 Å². The van der Waals surface area contributed by atoms with Gasteiger partial charge in [-0.3, -0.25) is 0 Å². The average molecular weight is 210 g/mol. The highest BCUT2D eigenvalue weighted by atomic mass is 14.6. The molecule has 2 bridgehead atoms. The van der Waals surface area contributed by atoms with Crippen LogP contribution in [0, 0.1) is 22.7 Å². The second-order valence-electron chi connectivity index (χ2n) is 6.81. The van der Waals surface area contributed by atoms with E-state index in [4.69, 9.17) is 11.5 Å². The minimum Gasteiger partial charge on any atom is -0.330 e. The smallest absolute Gasteiger partial charge is 0.00230 e. The summed E-state index contributed by atoms with van der Waals surface area (Å²) in [6.07, 6.45) is 6.75. The minimum absolute atomic E-state index is 0.420. The van der Waals surface area contributed by atoms with Crippen LogP contribution in [-0.4, -0.2) is 13.1 Å². The highest BCUT2D eigenvalue weighted by Crippen LogP contribution is 2.53. The third-order valence-corrected chi connectivity index (χ3v) is 4.78. The molecule has 2 saturated carbocycles. The first-order valence-corrected chi connectivity index (χ1v) is 6.39. The minimum atomic E-state index is 0.420. The van der Waals surface area contributed by atoms with Crippen molar-refractivity contribution in [3.05, 3.63) is 0 Å². The summed E-state index contributed by atoms with van der Waals surface area (Å²) in [5.41, 5.74) is 12.7. The summed E-state index contributed by atoms with van der Waals surface area (Å²) in [6, 6.07) is 0. The average Bonchev–Trinajstić information content (AvgIpc) is 2.16. The fourth-order valence-corrected chi connectivity index (χ4v) is 4.24. The Balaban J connectivity index is 2.09. The molecule has 2 rings (SSSR count). The highest BCUT2D eigenvalue weighted by Gasteiger charge is 2.44. The lowest BCUT2D eigenvalue weighted by atomic mass is 9.55. The Morgan fingerprint density at radius 3 is 1.47 bits per heavy atom. The summed E-state index contributed by atoms with van der Waals surface area (Å²) in [7, 11) is 0. The van der Waals surface area contributed by atoms with Gasteiger partial charge >= 0.3 is 0 Å². The first-order chi connectivity index (χ1) is 6.99. The molecule has 0 aromatic heterocycles. The van der Waals surface area contributed by atoms with Gasteiger partial charge < -0.3 is 11.5 Å². The van der Waals surface area contributed by atoms with Crippen molar-refractivity contribution in [3.63, 3.8) is 0 Å². The van der Waals surface area contributed by atoms with Crippen LogP contribution in [0.5, 0.6) is 0 Å². The van der Waals surface area contributed by atoms with E-state index in [1.165, 1.54) is 32.1 Å². The van der Waals surface area contributed by atoms with Crippen molar-refractivity contribution in [2.24, 2.45) is 34.1 Å². The zero-order valence-corrected chi connectivity index (χ0v) is 10.3. The predicted molar refractivity (Wildman–Crippen MR) is 64.4 cm³/mol. The molecule has 2 aliphatic carbocycles. The van der Waals surface area contributed by atoms with Gasteiger partial charge in [0.05, 0.1) is 0 Å². The zero-order chi connectivity index (χ0) is 11.1. The predicted octanol–water partition coefficient (Wildman–Crippen LogP) is 2.13. The van der Waals surface area contributed by atoms with Crippen molar-refractivity contribution in [2.45, 2.75) is 46.0 Å². The first-order valence-electron chi connectivity index (χ1n) is 6.39. The quantitative estimate of drug-likeness (QED) is 0.733. The van der Waals surface area contributed by atoms with Crippen molar-refractivity contribution < 1.29 is 0 Å². The molecule has 0 unspecified atom stereocenters. The lowest BCUT2D eigenvalue weighted by Crippen LogP contribution is -2.45. The Labute approximate surface area is 93.8 Å². The highest BCUT2D eigenvalue weighted by molar-refractivity contribution is 4.96. The van der Waals surface area contributed by atoms with Gasteiger partial charge in [-0.25, -0.2) is 0 Å². The van der Waals surface area contributed by atoms with Gasteiger partial charge in [-0.05, 0) is 67.9 Å². The summed E-state index contributed by atoms with van der Waals surface area (Å²) in [5.74, 6) is 1.78. The summed E-state index contributed by atoms with van der Waals surface area (Å²) in [5, 5.41) is 0. The van der Waals surface area contributed by atoms with Crippen LogP contribution in [0.2, 0.25) is 0 Å². The first kappa shape index (κ1) is 11.4. The van der Waals surface area contributed by atoms with E-state index in [1.807, 2.05) is 0 Å². The summed E-state index contributed by atoms with van der Waals surface area (Å²) < 4.78 is 0. The lowest BCUT2D eigenvalue weighted by Gasteiger charge is -2.51. The molecule has 0 spiro atoms. The molecule has 0 aliphatic heterocycles. The molecule has 2 nitrogen and oxygen atoms in total. The number of hydrogen-bond donors (Lipinski definition) is 2. The van der Waals surface area contributed by atoms with Gasteiger partial charge in [-0.15, -0.1) is 0 Å². The molecule has 0 saturated heterocycles. The van der Waals surface area contributed by atoms with Crippen LogP contribution >= 0.6 is 0 Å². The Morgan fingerprint density at radius 1 is 0.867 bits per heavy atom. The van der Waals surface area contributed by atoms with Gasteiger partial charge in [0.25, 0.3) is 0 Å². The van der Waals surface area contributed by atoms with Crippen LogP contribution in [0.25, 0.3) is 0 Å². The third kappa shape index (κ3) is 2.21. The van der Waals surface area contributed by atoms with Gasteiger partial charge in [0.2, 0.25) is 0 Å². The van der Waals surface area contributed by atoms with Crippen molar-refractivity contribution in [1.29, 1.82) is 0 Å². The van der Waals surface area contributed by atoms with Gasteiger partial charge in [0.15, 0.2) is 0 Å². The molecule has 15 heavy (non-hydrogen) atoms. The van der Waals surface area contributed by atoms with E-state index in [1.54, 1.807) is 0 Å². The summed E-state index contributed by atoms with van der Waals surface area (Å²) >= 11 is 0. The lowest BCUT2D eigenvalue weighted by molar-refractivity contribution is 0.0113. The maximum Gasteiger partial charge on any atom is -0.00230 e. The fraction of sp³-hybridized carbons (Fsp3) is 1.00. The Hall–Kier alpha value is -0.0800. The third-order valence-electron chi connectivity index (χ3n) is 4.78. The molecule has 0 aromatic carbocycles. The molecule has 0 radical (unpaired) electrons. The molecular formula is C13H26N2. The molecule has 0 aromatic rings. The standard InChI is InChI=1S/C13H26N2/c1-12(8-14)4-10-3-11(5-12)7-13(2,6-10)9-15/h10-11H,3-9,14-15H2,1-2H3. The molecule has 88 valence electrons. The van der Waals surface area contributed by atoms with Crippen LogP contribution in [-0.2, 0) is 0 Å². The SMILES string of the molecule is CC1(CN)CC2CC(C1)CC(C)(CN)C2. The molecule has 2 fully saturated rings. The number of rotatable bonds is 2. The van der Waals surface area contributed by atoms with E-state index in [0.29, 0.717) is 10.8 Å². The van der Waals surface area contributed by atoms with E-state index in [2.05, 4.69) is 13.8 Å². The molecule has 4 N–H and O–H groups in total. The van der Waals surface area contributed by atoms with E-state index in [0.717, 1.165) is 24.9 Å². The Bertz CT molecular complexity index is 201. The van der Waals surface area contributed by atoms with Gasteiger partial charge in [0, 0.05) is 0 Å². The van der Waals surface area contributed by atoms with Crippen molar-refractivity contribution in [2.75, 3.05) is 13.1 Å². The van der Waals surface area contributed by atoms with Gasteiger partial charge in [0.1, 0.15) is 0 Å². The largest absolute Gasteiger partial charge is 0.330 e. The Morgan fingerprint density at radius 2 is 1.20 bits per heavy atom. The van der Waals surface area contributed by atoms with Crippen LogP contribution in [0.1, 0.15) is 46.0 Å². The second kappa shape index (κ2) is 3.74. The van der Waals surface area contributed by atoms with E-state index in [9.17, 15) is 0 Å². The van der Waals surface area contributed by atoms with Crippen LogP contribution in [0.15, 0.2) is 0 Å². The van der Waals surface area contributed by atoms with Crippen molar-refractivity contribution >= 4 is 0 Å². The molecule has 2 heteroatoms. The van der Waals surface area contributed by atoms with E-state index >= 15 is 0 Å². The Kier molecular flexibility index (Phi) is 2.85. The maximum absolute atomic E-state index is 5.92. The van der Waals surface area contributed by atoms with Crippen molar-refractivity contribution in [1.82, 2.24) is 0 Å². The molecule has 0 atom stereocenters. The number of fused-ring (bicyclic) bond motifs is 2. The van der Waals surface area contributed by atoms with Gasteiger partial charge in [-0.1, -0.05) is 13.8 Å². The molecule has 0 amide bonds.